The van der Waals surface area contributed by atoms with E-state index in [1.807, 2.05) is 36.4 Å². The molecule has 1 unspecified atom stereocenters. The molecule has 0 N–H and O–H groups in total. The van der Waals surface area contributed by atoms with Crippen molar-refractivity contribution in [1.29, 1.82) is 0 Å². The summed E-state index contributed by atoms with van der Waals surface area (Å²) in [6.45, 7) is 6.55. The van der Waals surface area contributed by atoms with Crippen molar-refractivity contribution in [2.45, 2.75) is 18.8 Å². The highest BCUT2D eigenvalue weighted by Gasteiger charge is 2.26. The molecule has 0 spiro atoms. The lowest BCUT2D eigenvalue weighted by molar-refractivity contribution is 0.262. The maximum absolute atomic E-state index is 14.3. The normalized spacial score (nSPS) is 19.1. The highest BCUT2D eigenvalue weighted by molar-refractivity contribution is 6.33. The molecule has 0 amide bonds. The first kappa shape index (κ1) is 23.1. The maximum Gasteiger partial charge on any atom is 0.125 e. The summed E-state index contributed by atoms with van der Waals surface area (Å²) in [5.74, 6) is -0.287. The van der Waals surface area contributed by atoms with Crippen molar-refractivity contribution < 1.29 is 8.78 Å². The van der Waals surface area contributed by atoms with Gasteiger partial charge in [0.05, 0.1) is 10.7 Å². The van der Waals surface area contributed by atoms with Crippen molar-refractivity contribution in [3.05, 3.63) is 94.5 Å². The van der Waals surface area contributed by atoms with Gasteiger partial charge < -0.3 is 9.80 Å². The van der Waals surface area contributed by atoms with Crippen molar-refractivity contribution in [3.63, 3.8) is 0 Å². The van der Waals surface area contributed by atoms with E-state index in [0.717, 1.165) is 86.2 Å². The number of anilines is 2. The van der Waals surface area contributed by atoms with E-state index in [0.29, 0.717) is 0 Å². The van der Waals surface area contributed by atoms with E-state index >= 15 is 0 Å². The minimum atomic E-state index is -0.229. The van der Waals surface area contributed by atoms with Gasteiger partial charge in [0.25, 0.3) is 0 Å². The van der Waals surface area contributed by atoms with E-state index in [4.69, 9.17) is 11.6 Å². The summed E-state index contributed by atoms with van der Waals surface area (Å²) in [5.41, 5.74) is 4.30. The number of para-hydroxylation sites is 1. The molecular weight excluding hydrogens is 452 g/mol. The SMILES string of the molecule is Fc1ccc(C2CCCN(CCN3CCN(c4ccccc4Cl)CC3)c3cc(F)ccc32)cc1. The molecule has 2 aliphatic heterocycles. The van der Waals surface area contributed by atoms with Crippen LogP contribution in [-0.4, -0.2) is 50.7 Å². The minimum absolute atomic E-state index is 0.153. The van der Waals surface area contributed by atoms with Crippen molar-refractivity contribution in [2.75, 3.05) is 55.6 Å². The molecule has 0 aliphatic carbocycles. The number of fused-ring (bicyclic) bond motifs is 1. The van der Waals surface area contributed by atoms with Crippen LogP contribution in [0.4, 0.5) is 20.2 Å². The fourth-order valence-electron chi connectivity index (χ4n) is 5.30. The Morgan fingerprint density at radius 1 is 0.765 bits per heavy atom. The molecule has 3 nitrogen and oxygen atoms in total. The topological polar surface area (TPSA) is 9.72 Å². The summed E-state index contributed by atoms with van der Waals surface area (Å²) in [4.78, 5) is 7.17. The molecule has 1 atom stereocenters. The Hall–Kier alpha value is -2.63. The first-order valence-corrected chi connectivity index (χ1v) is 12.5. The van der Waals surface area contributed by atoms with Crippen LogP contribution in [0.3, 0.4) is 0 Å². The third-order valence-electron chi connectivity index (χ3n) is 7.15. The van der Waals surface area contributed by atoms with Crippen LogP contribution in [0, 0.1) is 11.6 Å². The van der Waals surface area contributed by atoms with Crippen molar-refractivity contribution in [2.24, 2.45) is 0 Å². The number of benzene rings is 3. The van der Waals surface area contributed by atoms with Gasteiger partial charge in [-0.3, -0.25) is 4.90 Å². The van der Waals surface area contributed by atoms with Crippen LogP contribution in [0.5, 0.6) is 0 Å². The first-order chi connectivity index (χ1) is 16.6. The van der Waals surface area contributed by atoms with Gasteiger partial charge in [0.2, 0.25) is 0 Å². The van der Waals surface area contributed by atoms with Gasteiger partial charge in [0, 0.05) is 57.4 Å². The largest absolute Gasteiger partial charge is 0.370 e. The van der Waals surface area contributed by atoms with E-state index in [2.05, 4.69) is 20.8 Å². The lowest BCUT2D eigenvalue weighted by Gasteiger charge is -2.37. The van der Waals surface area contributed by atoms with Crippen LogP contribution in [0.15, 0.2) is 66.7 Å². The molecule has 178 valence electrons. The summed E-state index contributed by atoms with van der Waals surface area (Å²) in [6, 6.07) is 19.9. The molecule has 0 aromatic heterocycles. The number of hydrogen-bond donors (Lipinski definition) is 0. The van der Waals surface area contributed by atoms with Gasteiger partial charge in [0.15, 0.2) is 0 Å². The van der Waals surface area contributed by atoms with E-state index in [9.17, 15) is 8.78 Å². The second-order valence-electron chi connectivity index (χ2n) is 9.22. The summed E-state index contributed by atoms with van der Waals surface area (Å²) in [6.07, 6.45) is 1.98. The molecule has 2 aliphatic rings. The molecule has 3 aromatic rings. The Morgan fingerprint density at radius 2 is 1.50 bits per heavy atom. The highest BCUT2D eigenvalue weighted by atomic mass is 35.5. The lowest BCUT2D eigenvalue weighted by Crippen LogP contribution is -2.48. The van der Waals surface area contributed by atoms with E-state index in [1.165, 1.54) is 12.1 Å². The van der Waals surface area contributed by atoms with Gasteiger partial charge in [-0.1, -0.05) is 41.9 Å². The Balaban J connectivity index is 1.27. The van der Waals surface area contributed by atoms with Crippen molar-refractivity contribution in [3.8, 4) is 0 Å². The third kappa shape index (κ3) is 5.06. The molecule has 0 saturated carbocycles. The fraction of sp³-hybridized carbons (Fsp3) is 0.357. The highest BCUT2D eigenvalue weighted by Crippen LogP contribution is 2.39. The number of nitrogens with zero attached hydrogens (tertiary/aromatic N) is 3. The predicted molar refractivity (Wildman–Crippen MR) is 136 cm³/mol. The standard InChI is InChI=1S/C28H30ClF2N3/c29-26-5-1-2-6-27(26)34-18-15-32(16-19-34)14-17-33-13-3-4-24(21-7-9-22(30)10-8-21)25-12-11-23(31)20-28(25)33/h1-2,5-12,20,24H,3-4,13-19H2. The van der Waals surface area contributed by atoms with Gasteiger partial charge in [-0.25, -0.2) is 8.78 Å². The van der Waals surface area contributed by atoms with Crippen LogP contribution in [-0.2, 0) is 0 Å². The van der Waals surface area contributed by atoms with Crippen LogP contribution < -0.4 is 9.80 Å². The average molecular weight is 482 g/mol. The molecule has 1 fully saturated rings. The van der Waals surface area contributed by atoms with E-state index in [1.54, 1.807) is 12.1 Å². The zero-order valence-corrected chi connectivity index (χ0v) is 20.0. The molecule has 5 rings (SSSR count). The summed E-state index contributed by atoms with van der Waals surface area (Å²) >= 11 is 6.39. The van der Waals surface area contributed by atoms with Gasteiger partial charge in [-0.05, 0) is 60.4 Å². The van der Waals surface area contributed by atoms with Gasteiger partial charge in [0.1, 0.15) is 11.6 Å². The summed E-state index contributed by atoms with van der Waals surface area (Å²) in [7, 11) is 0. The Kier molecular flexibility index (Phi) is 7.02. The molecule has 0 radical (unpaired) electrons. The lowest BCUT2D eigenvalue weighted by atomic mass is 9.87. The molecule has 6 heteroatoms. The molecule has 34 heavy (non-hydrogen) atoms. The Bertz CT molecular complexity index is 1110. The quantitative estimate of drug-likeness (QED) is 0.431. The summed E-state index contributed by atoms with van der Waals surface area (Å²) in [5, 5.41) is 0.801. The van der Waals surface area contributed by atoms with Crippen LogP contribution in [0.25, 0.3) is 0 Å². The number of hydrogen-bond acceptors (Lipinski definition) is 3. The van der Waals surface area contributed by atoms with Gasteiger partial charge in [-0.2, -0.15) is 0 Å². The molecular formula is C28H30ClF2N3. The number of rotatable bonds is 5. The zero-order chi connectivity index (χ0) is 23.5. The summed E-state index contributed by atoms with van der Waals surface area (Å²) < 4.78 is 27.8. The van der Waals surface area contributed by atoms with Crippen molar-refractivity contribution in [1.82, 2.24) is 4.90 Å². The Morgan fingerprint density at radius 3 is 2.26 bits per heavy atom. The smallest absolute Gasteiger partial charge is 0.125 e. The molecule has 1 saturated heterocycles. The van der Waals surface area contributed by atoms with Crippen LogP contribution in [0.2, 0.25) is 5.02 Å². The van der Waals surface area contributed by atoms with E-state index in [-0.39, 0.29) is 17.6 Å². The third-order valence-corrected chi connectivity index (χ3v) is 7.47. The minimum Gasteiger partial charge on any atom is -0.370 e. The zero-order valence-electron chi connectivity index (χ0n) is 19.3. The number of halogens is 3. The molecule has 2 heterocycles. The first-order valence-electron chi connectivity index (χ1n) is 12.1. The van der Waals surface area contributed by atoms with Gasteiger partial charge >= 0.3 is 0 Å². The monoisotopic (exact) mass is 481 g/mol. The van der Waals surface area contributed by atoms with Crippen LogP contribution in [0.1, 0.15) is 29.9 Å². The second kappa shape index (κ2) is 10.3. The van der Waals surface area contributed by atoms with E-state index < -0.39 is 0 Å². The molecule has 0 bridgehead atoms. The molecule has 3 aromatic carbocycles. The predicted octanol–water partition coefficient (Wildman–Crippen LogP) is 6.17. The Labute approximate surface area is 205 Å². The van der Waals surface area contributed by atoms with Crippen molar-refractivity contribution >= 4 is 23.0 Å². The second-order valence-corrected chi connectivity index (χ2v) is 9.62. The average Bonchev–Trinajstić information content (AvgIpc) is 3.03. The number of piperazine rings is 1. The van der Waals surface area contributed by atoms with Crippen LogP contribution >= 0.6 is 11.6 Å². The maximum atomic E-state index is 14.3. The fourth-order valence-corrected chi connectivity index (χ4v) is 5.56. The van der Waals surface area contributed by atoms with Gasteiger partial charge in [-0.15, -0.1) is 0 Å².